The van der Waals surface area contributed by atoms with Crippen LogP contribution >= 0.6 is 0 Å². The Hall–Kier alpha value is -0.610. The number of piperidine rings is 1. The fraction of sp³-hybridized carbons (Fsp3) is 0.933. The Morgan fingerprint density at radius 1 is 1.26 bits per heavy atom. The maximum absolute atomic E-state index is 11.8. The van der Waals surface area contributed by atoms with E-state index in [1.54, 1.807) is 0 Å². The third-order valence-corrected chi connectivity index (χ3v) is 3.86. The highest BCUT2D eigenvalue weighted by Crippen LogP contribution is 2.11. The molecule has 0 aromatic rings. The Balaban J connectivity index is 0.00000115. The lowest BCUT2D eigenvalue weighted by molar-refractivity contribution is -0.125. The van der Waals surface area contributed by atoms with Gasteiger partial charge in [0.15, 0.2) is 0 Å². The minimum atomic E-state index is 0. The highest BCUT2D eigenvalue weighted by atomic mass is 16.1. The van der Waals surface area contributed by atoms with Crippen LogP contribution in [-0.2, 0) is 4.79 Å². The molecular weight excluding hydrogens is 238 g/mol. The van der Waals surface area contributed by atoms with Crippen molar-refractivity contribution in [2.24, 2.45) is 5.92 Å². The van der Waals surface area contributed by atoms with Crippen LogP contribution in [0.4, 0.5) is 0 Å². The summed E-state index contributed by atoms with van der Waals surface area (Å²) in [5, 5.41) is 6.37. The van der Waals surface area contributed by atoms with Crippen LogP contribution in [0.3, 0.4) is 0 Å². The van der Waals surface area contributed by atoms with Gasteiger partial charge in [0.2, 0.25) is 5.91 Å². The lowest BCUT2D eigenvalue weighted by Gasteiger charge is -2.22. The summed E-state index contributed by atoms with van der Waals surface area (Å²) in [6.45, 7) is 10.5. The summed E-state index contributed by atoms with van der Waals surface area (Å²) in [5.41, 5.74) is 0. The van der Waals surface area contributed by atoms with Gasteiger partial charge in [-0.3, -0.25) is 4.79 Å². The van der Waals surface area contributed by atoms with Crippen molar-refractivity contribution in [3.63, 3.8) is 0 Å². The van der Waals surface area contributed by atoms with Crippen molar-refractivity contribution in [2.75, 3.05) is 39.3 Å². The molecule has 4 heteroatoms. The monoisotopic (exact) mass is 271 g/mol. The zero-order valence-electron chi connectivity index (χ0n) is 12.7. The molecule has 2 rings (SSSR count). The molecule has 0 aromatic carbocycles. The minimum Gasteiger partial charge on any atom is -0.356 e. The third-order valence-electron chi connectivity index (χ3n) is 3.86. The van der Waals surface area contributed by atoms with Crippen LogP contribution in [0.25, 0.3) is 0 Å². The number of nitrogens with zero attached hydrogens (tertiary/aromatic N) is 1. The van der Waals surface area contributed by atoms with Crippen molar-refractivity contribution in [1.29, 1.82) is 0 Å². The van der Waals surface area contributed by atoms with Gasteiger partial charge in [-0.05, 0) is 64.8 Å². The Labute approximate surface area is 119 Å². The second-order valence-electron chi connectivity index (χ2n) is 5.22. The summed E-state index contributed by atoms with van der Waals surface area (Å²) in [4.78, 5) is 14.3. The number of amides is 1. The van der Waals surface area contributed by atoms with E-state index in [9.17, 15) is 4.79 Å². The standard InChI is InChI=1S/C13H25N3O.C2H6.H2/c17-13(12-4-7-14-8-5-12)15-6-3-11-16-9-1-2-10-16;1-2;/h12,14H,1-11H2,(H,15,17);1-2H3;1H. The number of hydrogen-bond donors (Lipinski definition) is 2. The van der Waals surface area contributed by atoms with Gasteiger partial charge in [0.25, 0.3) is 0 Å². The van der Waals surface area contributed by atoms with Crippen LogP contribution in [-0.4, -0.2) is 50.1 Å². The van der Waals surface area contributed by atoms with Gasteiger partial charge in [0, 0.05) is 13.9 Å². The summed E-state index contributed by atoms with van der Waals surface area (Å²) in [5.74, 6) is 0.524. The van der Waals surface area contributed by atoms with Crippen molar-refractivity contribution < 1.29 is 6.22 Å². The molecule has 19 heavy (non-hydrogen) atoms. The number of rotatable bonds is 5. The number of nitrogens with one attached hydrogen (secondary N) is 2. The Kier molecular flexibility index (Phi) is 8.84. The van der Waals surface area contributed by atoms with Crippen molar-refractivity contribution in [3.05, 3.63) is 0 Å². The van der Waals surface area contributed by atoms with Crippen molar-refractivity contribution >= 4 is 5.91 Å². The smallest absolute Gasteiger partial charge is 0.223 e. The number of carbonyl (C=O) groups is 1. The summed E-state index contributed by atoms with van der Waals surface area (Å²) < 4.78 is 0. The Morgan fingerprint density at radius 2 is 1.89 bits per heavy atom. The minimum absolute atomic E-state index is 0. The fourth-order valence-electron chi connectivity index (χ4n) is 2.75. The predicted octanol–water partition coefficient (Wildman–Crippen LogP) is 1.86. The van der Waals surface area contributed by atoms with Crippen LogP contribution in [0.5, 0.6) is 0 Å². The van der Waals surface area contributed by atoms with Gasteiger partial charge >= 0.3 is 0 Å². The summed E-state index contributed by atoms with van der Waals surface area (Å²) in [7, 11) is 0. The Bertz CT molecular complexity index is 239. The highest BCUT2D eigenvalue weighted by Gasteiger charge is 2.20. The lowest BCUT2D eigenvalue weighted by atomic mass is 9.97. The molecule has 0 spiro atoms. The molecule has 0 aromatic heterocycles. The number of carbonyl (C=O) groups excluding carboxylic acids is 1. The molecule has 0 atom stereocenters. The molecule has 2 N–H and O–H groups in total. The molecule has 0 unspecified atom stereocenters. The first kappa shape index (κ1) is 16.4. The van der Waals surface area contributed by atoms with E-state index in [-0.39, 0.29) is 13.3 Å². The van der Waals surface area contributed by atoms with E-state index in [2.05, 4.69) is 15.5 Å². The molecule has 2 saturated heterocycles. The van der Waals surface area contributed by atoms with E-state index in [1.807, 2.05) is 13.8 Å². The second kappa shape index (κ2) is 10.2. The summed E-state index contributed by atoms with van der Waals surface area (Å²) in [6, 6.07) is 0. The molecule has 0 radical (unpaired) electrons. The summed E-state index contributed by atoms with van der Waals surface area (Å²) >= 11 is 0. The van der Waals surface area contributed by atoms with E-state index >= 15 is 0 Å². The molecule has 2 fully saturated rings. The maximum Gasteiger partial charge on any atom is 0.223 e. The van der Waals surface area contributed by atoms with Crippen LogP contribution in [0.15, 0.2) is 0 Å². The molecular formula is C15H33N3O. The molecule has 2 aliphatic heterocycles. The number of hydrogen-bond acceptors (Lipinski definition) is 3. The highest BCUT2D eigenvalue weighted by molar-refractivity contribution is 5.78. The zero-order chi connectivity index (χ0) is 13.9. The van der Waals surface area contributed by atoms with Crippen molar-refractivity contribution in [1.82, 2.24) is 15.5 Å². The molecule has 2 aliphatic rings. The molecule has 0 bridgehead atoms. The first-order valence-corrected chi connectivity index (χ1v) is 8.07. The van der Waals surface area contributed by atoms with Gasteiger partial charge in [0.1, 0.15) is 0 Å². The second-order valence-corrected chi connectivity index (χ2v) is 5.22. The van der Waals surface area contributed by atoms with Gasteiger partial charge < -0.3 is 15.5 Å². The Morgan fingerprint density at radius 3 is 2.53 bits per heavy atom. The van der Waals surface area contributed by atoms with Crippen molar-refractivity contribution in [3.8, 4) is 0 Å². The van der Waals surface area contributed by atoms with Crippen molar-refractivity contribution in [2.45, 2.75) is 46.0 Å². The predicted molar refractivity (Wildman–Crippen MR) is 82.4 cm³/mol. The summed E-state index contributed by atoms with van der Waals surface area (Å²) in [6.07, 6.45) is 5.79. The first-order valence-electron chi connectivity index (χ1n) is 8.07. The fourth-order valence-corrected chi connectivity index (χ4v) is 2.75. The van der Waals surface area contributed by atoms with Gasteiger partial charge in [-0.15, -0.1) is 0 Å². The van der Waals surface area contributed by atoms with E-state index in [0.29, 0.717) is 0 Å². The van der Waals surface area contributed by atoms with Crippen LogP contribution < -0.4 is 10.6 Å². The molecule has 1 amide bonds. The molecule has 0 aliphatic carbocycles. The topological polar surface area (TPSA) is 44.4 Å². The lowest BCUT2D eigenvalue weighted by Crippen LogP contribution is -2.39. The van der Waals surface area contributed by atoms with E-state index in [1.165, 1.54) is 25.9 Å². The van der Waals surface area contributed by atoms with Crippen LogP contribution in [0.2, 0.25) is 0 Å². The van der Waals surface area contributed by atoms with Gasteiger partial charge in [-0.25, -0.2) is 0 Å². The largest absolute Gasteiger partial charge is 0.356 e. The van der Waals surface area contributed by atoms with E-state index in [4.69, 9.17) is 0 Å². The average Bonchev–Trinajstić information content (AvgIpc) is 3.00. The average molecular weight is 271 g/mol. The van der Waals surface area contributed by atoms with Crippen LogP contribution in [0.1, 0.15) is 47.4 Å². The number of likely N-dealkylation sites (tertiary alicyclic amines) is 1. The normalized spacial score (nSPS) is 20.7. The van der Waals surface area contributed by atoms with Crippen LogP contribution in [0, 0.1) is 5.92 Å². The van der Waals surface area contributed by atoms with E-state index < -0.39 is 0 Å². The van der Waals surface area contributed by atoms with E-state index in [0.717, 1.165) is 45.4 Å². The first-order chi connectivity index (χ1) is 9.36. The maximum atomic E-state index is 11.8. The molecule has 2 heterocycles. The van der Waals surface area contributed by atoms with Gasteiger partial charge in [0.05, 0.1) is 0 Å². The zero-order valence-corrected chi connectivity index (χ0v) is 12.7. The van der Waals surface area contributed by atoms with Gasteiger partial charge in [-0.1, -0.05) is 13.8 Å². The SMILES string of the molecule is CC.O=C(NCCCN1CCCC1)C1CCNCC1.[HH]. The molecule has 4 nitrogen and oxygen atoms in total. The third kappa shape index (κ3) is 6.39. The van der Waals surface area contributed by atoms with Gasteiger partial charge in [-0.2, -0.15) is 0 Å². The molecule has 0 saturated carbocycles. The molecule has 114 valence electrons. The quantitative estimate of drug-likeness (QED) is 0.750.